The third kappa shape index (κ3) is 5.04. The highest BCUT2D eigenvalue weighted by molar-refractivity contribution is 9.10. The number of carboxylic acid groups (broad SMARTS) is 1. The fourth-order valence-corrected chi connectivity index (χ4v) is 2.42. The molecule has 0 radical (unpaired) electrons. The van der Waals surface area contributed by atoms with Gasteiger partial charge in [0.1, 0.15) is 0 Å². The van der Waals surface area contributed by atoms with Crippen molar-refractivity contribution in [1.29, 1.82) is 0 Å². The Morgan fingerprint density at radius 1 is 1.18 bits per heavy atom. The largest absolute Gasteiger partial charge is 0.481 e. The van der Waals surface area contributed by atoms with E-state index in [-0.39, 0.29) is 24.1 Å². The van der Waals surface area contributed by atoms with Crippen molar-refractivity contribution in [1.82, 2.24) is 5.32 Å². The van der Waals surface area contributed by atoms with Crippen molar-refractivity contribution < 1.29 is 19.1 Å². The smallest absolute Gasteiger partial charge is 0.303 e. The summed E-state index contributed by atoms with van der Waals surface area (Å²) in [7, 11) is 0. The minimum atomic E-state index is -0.881. The Morgan fingerprint density at radius 2 is 1.91 bits per heavy atom. The van der Waals surface area contributed by atoms with E-state index in [1.54, 1.807) is 12.1 Å². The van der Waals surface area contributed by atoms with Crippen molar-refractivity contribution in [2.75, 3.05) is 0 Å². The highest BCUT2D eigenvalue weighted by Gasteiger charge is 2.18. The van der Waals surface area contributed by atoms with Crippen molar-refractivity contribution in [3.63, 3.8) is 0 Å². The number of carboxylic acids is 1. The summed E-state index contributed by atoms with van der Waals surface area (Å²) in [6, 6.07) is 12.6. The average Bonchev–Trinajstić information content (AvgIpc) is 2.92. The van der Waals surface area contributed by atoms with Crippen molar-refractivity contribution in [2.24, 2.45) is 0 Å². The predicted molar refractivity (Wildman–Crippen MR) is 84.7 cm³/mol. The van der Waals surface area contributed by atoms with Crippen LogP contribution in [0.1, 0.15) is 29.0 Å². The Hall–Kier alpha value is -2.08. The number of nitrogens with one attached hydrogen (secondary N) is 1. The molecule has 0 fully saturated rings. The zero-order chi connectivity index (χ0) is 15.9. The number of amides is 1. The summed E-state index contributed by atoms with van der Waals surface area (Å²) in [6.07, 6.45) is 0.930. The lowest BCUT2D eigenvalue weighted by Crippen LogP contribution is -2.36. The maximum absolute atomic E-state index is 12.1. The molecule has 0 aliphatic carbocycles. The average molecular weight is 366 g/mol. The molecule has 1 heterocycles. The molecule has 0 bridgehead atoms. The van der Waals surface area contributed by atoms with Crippen LogP contribution >= 0.6 is 15.9 Å². The fraction of sp³-hybridized carbons (Fsp3) is 0.250. The van der Waals surface area contributed by atoms with Gasteiger partial charge in [-0.1, -0.05) is 30.3 Å². The fourth-order valence-electron chi connectivity index (χ4n) is 2.11. The number of hydrogen-bond acceptors (Lipinski definition) is 3. The molecule has 6 heteroatoms. The first-order valence-electron chi connectivity index (χ1n) is 6.86. The van der Waals surface area contributed by atoms with Gasteiger partial charge in [0, 0.05) is 12.5 Å². The highest BCUT2D eigenvalue weighted by Crippen LogP contribution is 2.15. The van der Waals surface area contributed by atoms with Gasteiger partial charge in [-0.3, -0.25) is 9.59 Å². The monoisotopic (exact) mass is 365 g/mol. The summed E-state index contributed by atoms with van der Waals surface area (Å²) in [5, 5.41) is 11.7. The van der Waals surface area contributed by atoms with Crippen molar-refractivity contribution in [2.45, 2.75) is 25.3 Å². The van der Waals surface area contributed by atoms with Gasteiger partial charge in [-0.25, -0.2) is 0 Å². The van der Waals surface area contributed by atoms with E-state index in [0.29, 0.717) is 17.5 Å². The quantitative estimate of drug-likeness (QED) is 0.789. The lowest BCUT2D eigenvalue weighted by atomic mass is 10.0. The first-order chi connectivity index (χ1) is 10.5. The third-order valence-corrected chi connectivity index (χ3v) is 3.59. The SMILES string of the molecule is O=C(O)CCC(Cc1ccccc1)NC(=O)c1ccc(Br)o1. The molecule has 0 saturated carbocycles. The topological polar surface area (TPSA) is 79.5 Å². The molecule has 1 atom stereocenters. The second-order valence-electron chi connectivity index (χ2n) is 4.90. The van der Waals surface area contributed by atoms with Crippen LogP contribution in [0.3, 0.4) is 0 Å². The van der Waals surface area contributed by atoms with Crippen molar-refractivity contribution in [3.8, 4) is 0 Å². The predicted octanol–water partition coefficient (Wildman–Crippen LogP) is 3.25. The highest BCUT2D eigenvalue weighted by atomic mass is 79.9. The molecule has 5 nitrogen and oxygen atoms in total. The van der Waals surface area contributed by atoms with Crippen LogP contribution in [0.2, 0.25) is 0 Å². The number of rotatable bonds is 7. The molecule has 2 rings (SSSR count). The Morgan fingerprint density at radius 3 is 2.50 bits per heavy atom. The minimum Gasteiger partial charge on any atom is -0.481 e. The first kappa shape index (κ1) is 16.3. The number of halogens is 1. The third-order valence-electron chi connectivity index (χ3n) is 3.16. The van der Waals surface area contributed by atoms with Crippen LogP contribution in [0.5, 0.6) is 0 Å². The van der Waals surface area contributed by atoms with Crippen molar-refractivity contribution >= 4 is 27.8 Å². The van der Waals surface area contributed by atoms with Gasteiger partial charge in [-0.05, 0) is 46.5 Å². The van der Waals surface area contributed by atoms with Gasteiger partial charge in [0.25, 0.3) is 5.91 Å². The van der Waals surface area contributed by atoms with Crippen molar-refractivity contribution in [3.05, 3.63) is 58.5 Å². The normalized spacial score (nSPS) is 11.9. The number of benzene rings is 1. The van der Waals surface area contributed by atoms with Crippen LogP contribution in [0.4, 0.5) is 0 Å². The van der Waals surface area contributed by atoms with E-state index < -0.39 is 5.97 Å². The summed E-state index contributed by atoms with van der Waals surface area (Å²) in [6.45, 7) is 0. The number of carbonyl (C=O) groups excluding carboxylic acids is 1. The number of carbonyl (C=O) groups is 2. The van der Waals surface area contributed by atoms with Gasteiger partial charge in [-0.15, -0.1) is 0 Å². The van der Waals surface area contributed by atoms with E-state index in [4.69, 9.17) is 9.52 Å². The molecule has 1 aromatic heterocycles. The summed E-state index contributed by atoms with van der Waals surface area (Å²) in [5.41, 5.74) is 1.04. The van der Waals surface area contributed by atoms with Crippen LogP contribution in [0.15, 0.2) is 51.6 Å². The van der Waals surface area contributed by atoms with Crippen LogP contribution in [0, 0.1) is 0 Å². The summed E-state index contributed by atoms with van der Waals surface area (Å²) >= 11 is 3.15. The maximum atomic E-state index is 12.1. The first-order valence-corrected chi connectivity index (χ1v) is 7.66. The lowest BCUT2D eigenvalue weighted by molar-refractivity contribution is -0.137. The lowest BCUT2D eigenvalue weighted by Gasteiger charge is -2.17. The van der Waals surface area contributed by atoms with Gasteiger partial charge < -0.3 is 14.8 Å². The van der Waals surface area contributed by atoms with Gasteiger partial charge in [0.05, 0.1) is 0 Å². The number of aliphatic carboxylic acids is 1. The molecule has 0 aliphatic heterocycles. The summed E-state index contributed by atoms with van der Waals surface area (Å²) < 4.78 is 5.69. The molecule has 2 aromatic rings. The van der Waals surface area contributed by atoms with E-state index in [0.717, 1.165) is 5.56 Å². The Balaban J connectivity index is 2.03. The Labute approximate surface area is 136 Å². The van der Waals surface area contributed by atoms with E-state index in [9.17, 15) is 9.59 Å². The van der Waals surface area contributed by atoms with E-state index in [1.807, 2.05) is 30.3 Å². The van der Waals surface area contributed by atoms with E-state index in [2.05, 4.69) is 21.2 Å². The summed E-state index contributed by atoms with van der Waals surface area (Å²) in [5.74, 6) is -1.04. The molecule has 2 N–H and O–H groups in total. The van der Waals surface area contributed by atoms with E-state index in [1.165, 1.54) is 0 Å². The maximum Gasteiger partial charge on any atom is 0.303 e. The van der Waals surface area contributed by atoms with Gasteiger partial charge >= 0.3 is 5.97 Å². The Kier molecular flexibility index (Phi) is 5.77. The van der Waals surface area contributed by atoms with Crippen LogP contribution in [0.25, 0.3) is 0 Å². The Bertz CT molecular complexity index is 639. The van der Waals surface area contributed by atoms with Gasteiger partial charge in [0.2, 0.25) is 0 Å². The van der Waals surface area contributed by atoms with E-state index >= 15 is 0 Å². The molecule has 0 aliphatic rings. The molecule has 1 amide bonds. The zero-order valence-electron chi connectivity index (χ0n) is 11.8. The van der Waals surface area contributed by atoms with Gasteiger partial charge in [-0.2, -0.15) is 0 Å². The zero-order valence-corrected chi connectivity index (χ0v) is 13.4. The minimum absolute atomic E-state index is 0.000368. The molecule has 1 aromatic carbocycles. The molecule has 1 unspecified atom stereocenters. The second-order valence-corrected chi connectivity index (χ2v) is 5.68. The van der Waals surface area contributed by atoms with Crippen LogP contribution in [-0.4, -0.2) is 23.0 Å². The molecule has 0 spiro atoms. The molecular formula is C16H16BrNO4. The molecule has 22 heavy (non-hydrogen) atoms. The number of furan rings is 1. The summed E-state index contributed by atoms with van der Waals surface area (Å²) in [4.78, 5) is 22.9. The van der Waals surface area contributed by atoms with Crippen LogP contribution in [-0.2, 0) is 11.2 Å². The molecule has 0 saturated heterocycles. The van der Waals surface area contributed by atoms with Crippen LogP contribution < -0.4 is 5.32 Å². The molecule has 116 valence electrons. The second kappa shape index (κ2) is 7.79. The number of hydrogen-bond donors (Lipinski definition) is 2. The molecular weight excluding hydrogens is 350 g/mol. The standard InChI is InChI=1S/C16H16BrNO4/c17-14-8-7-13(22-14)16(21)18-12(6-9-15(19)20)10-11-4-2-1-3-5-11/h1-5,7-8,12H,6,9-10H2,(H,18,21)(H,19,20). The van der Waals surface area contributed by atoms with Gasteiger partial charge in [0.15, 0.2) is 10.4 Å².